The second-order valence-electron chi connectivity index (χ2n) is 16.7. The highest BCUT2D eigenvalue weighted by Crippen LogP contribution is 2.36. The summed E-state index contributed by atoms with van der Waals surface area (Å²) in [7, 11) is 3.73. The second-order valence-corrected chi connectivity index (χ2v) is 16.7. The van der Waals surface area contributed by atoms with E-state index in [0.717, 1.165) is 69.6 Å². The molecule has 17 heteroatoms. The van der Waals surface area contributed by atoms with Crippen molar-refractivity contribution >= 4 is 34.4 Å². The van der Waals surface area contributed by atoms with Crippen molar-refractivity contribution in [2.45, 2.75) is 89.1 Å². The summed E-state index contributed by atoms with van der Waals surface area (Å²) in [5.74, 6) is 6.17. The lowest BCUT2D eigenvalue weighted by atomic mass is 9.86. The topological polar surface area (TPSA) is 171 Å². The lowest BCUT2D eigenvalue weighted by Crippen LogP contribution is -2.44. The fourth-order valence-electron chi connectivity index (χ4n) is 8.55. The van der Waals surface area contributed by atoms with Crippen LogP contribution in [0.4, 0.5) is 14.5 Å². The number of carbonyl (C=O) groups is 3. The Morgan fingerprint density at radius 3 is 2.65 bits per heavy atom. The predicted molar refractivity (Wildman–Crippen MR) is 225 cm³/mol. The molecule has 15 nitrogen and oxygen atoms in total. The number of imidazole rings is 1. The van der Waals surface area contributed by atoms with Crippen molar-refractivity contribution in [2.75, 3.05) is 38.7 Å². The maximum atomic E-state index is 14.1. The van der Waals surface area contributed by atoms with Crippen LogP contribution in [0, 0.1) is 23.7 Å². The van der Waals surface area contributed by atoms with Crippen molar-refractivity contribution in [1.29, 1.82) is 0 Å². The van der Waals surface area contributed by atoms with Gasteiger partial charge in [0.15, 0.2) is 11.4 Å². The maximum absolute atomic E-state index is 14.1. The molecule has 1 atom stereocenters. The number of aromatic nitrogens is 6. The summed E-state index contributed by atoms with van der Waals surface area (Å²) in [6.07, 6.45) is 10.8. The zero-order valence-corrected chi connectivity index (χ0v) is 34.9. The Morgan fingerprint density at radius 2 is 1.87 bits per heavy atom. The lowest BCUT2D eigenvalue weighted by Gasteiger charge is -2.31. The molecule has 0 spiro atoms. The fraction of sp³-hybridized carbons (Fsp3) is 0.489. The van der Waals surface area contributed by atoms with Gasteiger partial charge in [-0.2, -0.15) is 5.10 Å². The van der Waals surface area contributed by atoms with E-state index in [4.69, 9.17) is 9.15 Å². The quantitative estimate of drug-likeness (QED) is 0.0660. The van der Waals surface area contributed by atoms with Crippen LogP contribution < -0.4 is 16.3 Å². The number of hydrogen-bond acceptors (Lipinski definition) is 10. The van der Waals surface area contributed by atoms with Crippen LogP contribution in [0.2, 0.25) is 0 Å². The molecule has 8 rings (SSSR count). The summed E-state index contributed by atoms with van der Waals surface area (Å²) in [4.78, 5) is 61.3. The van der Waals surface area contributed by atoms with Crippen molar-refractivity contribution < 1.29 is 32.3 Å². The van der Waals surface area contributed by atoms with Gasteiger partial charge in [-0.25, -0.2) is 18.6 Å². The molecular weight excluding hydrogens is 801 g/mol. The monoisotopic (exact) mass is 851 g/mol. The van der Waals surface area contributed by atoms with Crippen LogP contribution in [0.5, 0.6) is 0 Å². The van der Waals surface area contributed by atoms with Gasteiger partial charge in [0.2, 0.25) is 17.7 Å². The summed E-state index contributed by atoms with van der Waals surface area (Å²) in [5.41, 5.74) is 2.75. The molecule has 0 bridgehead atoms. The third-order valence-corrected chi connectivity index (χ3v) is 12.1. The number of imide groups is 1. The van der Waals surface area contributed by atoms with E-state index in [-0.39, 0.29) is 54.4 Å². The molecule has 3 aliphatic rings. The number of halogens is 2. The van der Waals surface area contributed by atoms with Gasteiger partial charge in [-0.3, -0.25) is 38.5 Å². The first-order valence-corrected chi connectivity index (χ1v) is 21.4. The SMILES string of the molecule is CN(CCCOCC#Cc1ccc2c(c1)n(C)c(=O)n2C1CCC(=O)NC1=O)CC1CCC(n2cc(NC(=O)c3coc(-c4ccnc(CCC5CC5)c4)n3)c(C(F)F)n2)CC1. The van der Waals surface area contributed by atoms with Crippen molar-refractivity contribution in [1.82, 2.24) is 39.1 Å². The average Bonchev–Trinajstić information content (AvgIpc) is 3.68. The molecule has 1 aliphatic heterocycles. The zero-order chi connectivity index (χ0) is 43.3. The van der Waals surface area contributed by atoms with E-state index in [2.05, 4.69) is 49.5 Å². The number of alkyl halides is 2. The smallest absolute Gasteiger partial charge is 0.329 e. The van der Waals surface area contributed by atoms with Crippen LogP contribution in [0.1, 0.15) is 110 Å². The summed E-state index contributed by atoms with van der Waals surface area (Å²) in [5, 5.41) is 9.14. The van der Waals surface area contributed by atoms with Gasteiger partial charge in [0.05, 0.1) is 22.8 Å². The molecule has 5 aromatic rings. The molecule has 2 aliphatic carbocycles. The van der Waals surface area contributed by atoms with Crippen LogP contribution >= 0.6 is 0 Å². The zero-order valence-electron chi connectivity index (χ0n) is 34.9. The van der Waals surface area contributed by atoms with Gasteiger partial charge >= 0.3 is 5.69 Å². The molecule has 2 saturated carbocycles. The normalized spacial score (nSPS) is 19.2. The Balaban J connectivity index is 0.759. The Bertz CT molecular complexity index is 2550. The molecule has 4 aromatic heterocycles. The van der Waals surface area contributed by atoms with Crippen LogP contribution in [-0.4, -0.2) is 84.9 Å². The first-order chi connectivity index (χ1) is 30.0. The van der Waals surface area contributed by atoms with E-state index in [1.165, 1.54) is 34.4 Å². The molecule has 5 heterocycles. The van der Waals surface area contributed by atoms with Gasteiger partial charge in [-0.1, -0.05) is 24.7 Å². The van der Waals surface area contributed by atoms with Crippen LogP contribution in [0.15, 0.2) is 58.2 Å². The highest BCUT2D eigenvalue weighted by molar-refractivity contribution is 6.03. The fourth-order valence-corrected chi connectivity index (χ4v) is 8.55. The van der Waals surface area contributed by atoms with Gasteiger partial charge in [-0.05, 0) is 101 Å². The number of pyridine rings is 1. The number of aryl methyl sites for hydroxylation is 2. The number of nitrogens with zero attached hydrogens (tertiary/aromatic N) is 7. The standard InChI is InChI=1S/C45H51F2N9O6/c1-53(20-4-22-61-21-3-5-29-11-15-36-38(23-29)54(2)45(60)56(36)37-16-17-39(57)51-43(37)59)25-30-9-13-33(14-10-30)55-26-34(40(52-55)41(46)47)49-42(58)35-27-62-44(50-35)31-18-19-48-32(24-31)12-8-28-6-7-28/h11,15,18-19,23-24,26-28,30,33,37,41H,4,6-10,12-14,16-17,20-22,25H2,1-2H3,(H,49,58)(H,51,57,59). The molecule has 3 amide bonds. The number of piperidine rings is 1. The second kappa shape index (κ2) is 19.0. The van der Waals surface area contributed by atoms with E-state index >= 15 is 0 Å². The van der Waals surface area contributed by atoms with Crippen molar-refractivity contribution in [3.8, 4) is 23.3 Å². The minimum Gasteiger partial charge on any atom is -0.444 e. The number of amides is 3. The molecule has 326 valence electrons. The van der Waals surface area contributed by atoms with E-state index in [9.17, 15) is 28.0 Å². The van der Waals surface area contributed by atoms with E-state index in [0.29, 0.717) is 34.7 Å². The van der Waals surface area contributed by atoms with Gasteiger partial charge in [0.1, 0.15) is 18.9 Å². The molecule has 2 N–H and O–H groups in total. The van der Waals surface area contributed by atoms with E-state index < -0.39 is 30.0 Å². The number of anilines is 1. The largest absolute Gasteiger partial charge is 0.444 e. The third kappa shape index (κ3) is 10.0. The molecule has 3 fully saturated rings. The summed E-state index contributed by atoms with van der Waals surface area (Å²) in [6.45, 7) is 2.55. The lowest BCUT2D eigenvalue weighted by molar-refractivity contribution is -0.135. The number of fused-ring (bicyclic) bond motifs is 1. The van der Waals surface area contributed by atoms with Crippen LogP contribution in [0.25, 0.3) is 22.5 Å². The van der Waals surface area contributed by atoms with Gasteiger partial charge in [0.25, 0.3) is 12.3 Å². The van der Waals surface area contributed by atoms with Crippen molar-refractivity contribution in [2.24, 2.45) is 18.9 Å². The molecule has 1 unspecified atom stereocenters. The number of nitrogens with one attached hydrogen (secondary N) is 2. The minimum absolute atomic E-state index is 0.0161. The highest BCUT2D eigenvalue weighted by atomic mass is 19.3. The first kappa shape index (κ1) is 42.7. The molecular formula is C45H51F2N9O6. The molecule has 1 aromatic carbocycles. The summed E-state index contributed by atoms with van der Waals surface area (Å²) < 4.78 is 44.1. The van der Waals surface area contributed by atoms with Gasteiger partial charge in [-0.15, -0.1) is 0 Å². The number of rotatable bonds is 16. The van der Waals surface area contributed by atoms with Gasteiger partial charge < -0.3 is 19.4 Å². The Morgan fingerprint density at radius 1 is 1.06 bits per heavy atom. The van der Waals surface area contributed by atoms with Crippen LogP contribution in [0.3, 0.4) is 0 Å². The van der Waals surface area contributed by atoms with Crippen LogP contribution in [-0.2, 0) is 27.8 Å². The summed E-state index contributed by atoms with van der Waals surface area (Å²) in [6, 6.07) is 8.27. The number of hydrogen-bond donors (Lipinski definition) is 2. The predicted octanol–water partition coefficient (Wildman–Crippen LogP) is 6.22. The Hall–Kier alpha value is -5.99. The Kier molecular flexibility index (Phi) is 13.1. The minimum atomic E-state index is -2.87. The molecule has 0 radical (unpaired) electrons. The van der Waals surface area contributed by atoms with Crippen molar-refractivity contribution in [3.63, 3.8) is 0 Å². The number of oxazole rings is 1. The number of benzene rings is 1. The highest BCUT2D eigenvalue weighted by Gasteiger charge is 2.32. The molecule has 1 saturated heterocycles. The van der Waals surface area contributed by atoms with E-state index in [1.54, 1.807) is 36.1 Å². The molecule has 62 heavy (non-hydrogen) atoms. The van der Waals surface area contributed by atoms with Gasteiger partial charge in [0, 0.05) is 62.4 Å². The Labute approximate surface area is 357 Å². The van der Waals surface area contributed by atoms with E-state index in [1.807, 2.05) is 12.1 Å². The van der Waals surface area contributed by atoms with Crippen molar-refractivity contribution in [3.05, 3.63) is 82.1 Å². The number of ether oxygens (including phenoxy) is 1. The summed E-state index contributed by atoms with van der Waals surface area (Å²) >= 11 is 0. The first-order valence-electron chi connectivity index (χ1n) is 21.4. The third-order valence-electron chi connectivity index (χ3n) is 12.1. The average molecular weight is 852 g/mol. The maximum Gasteiger partial charge on any atom is 0.329 e. The number of carbonyl (C=O) groups excluding carboxylic acids is 3.